The summed E-state index contributed by atoms with van der Waals surface area (Å²) in [6, 6.07) is 4.86. The van der Waals surface area contributed by atoms with E-state index in [4.69, 9.17) is 21.4 Å². The van der Waals surface area contributed by atoms with E-state index in [-0.39, 0.29) is 22.8 Å². The number of hydrogen-bond donors (Lipinski definition) is 1. The van der Waals surface area contributed by atoms with Crippen LogP contribution in [0.1, 0.15) is 23.7 Å². The number of carbonyl (C=O) groups excluding carboxylic acids is 1. The highest BCUT2D eigenvalue weighted by molar-refractivity contribution is 6.34. The summed E-state index contributed by atoms with van der Waals surface area (Å²) >= 11 is 5.94. The number of methoxy groups -OCH3 is 1. The van der Waals surface area contributed by atoms with Crippen LogP contribution in [0.4, 0.5) is 0 Å². The van der Waals surface area contributed by atoms with E-state index < -0.39 is 11.9 Å². The van der Waals surface area contributed by atoms with Crippen LogP contribution < -0.4 is 4.74 Å². The van der Waals surface area contributed by atoms with Crippen molar-refractivity contribution in [2.45, 2.75) is 13.3 Å². The molecule has 0 saturated heterocycles. The van der Waals surface area contributed by atoms with Gasteiger partial charge in [-0.25, -0.2) is 0 Å². The number of ether oxygens (including phenoxy) is 1. The molecule has 1 rings (SSSR count). The maximum atomic E-state index is 12.1. The summed E-state index contributed by atoms with van der Waals surface area (Å²) in [5, 5.41) is 8.93. The summed E-state index contributed by atoms with van der Waals surface area (Å²) in [6.07, 6.45) is -0.229. The Balaban J connectivity index is 3.07. The molecule has 0 saturated carbocycles. The predicted octanol–water partition coefficient (Wildman–Crippen LogP) is 2.64. The second-order valence-corrected chi connectivity index (χ2v) is 4.09. The van der Waals surface area contributed by atoms with E-state index in [0.29, 0.717) is 5.75 Å². The van der Waals surface area contributed by atoms with Crippen LogP contribution in [0.2, 0.25) is 5.02 Å². The highest BCUT2D eigenvalue weighted by Gasteiger charge is 2.23. The second-order valence-electron chi connectivity index (χ2n) is 3.68. The molecule has 17 heavy (non-hydrogen) atoms. The first-order valence-electron chi connectivity index (χ1n) is 5.06. The first kappa shape index (κ1) is 13.5. The van der Waals surface area contributed by atoms with Crippen LogP contribution in [0.25, 0.3) is 0 Å². The van der Waals surface area contributed by atoms with Gasteiger partial charge in [0.15, 0.2) is 5.78 Å². The summed E-state index contributed by atoms with van der Waals surface area (Å²) < 4.78 is 5.05. The van der Waals surface area contributed by atoms with Gasteiger partial charge in [0.2, 0.25) is 0 Å². The molecular formula is C12H13ClO4. The molecular weight excluding hydrogens is 244 g/mol. The largest absolute Gasteiger partial charge is 0.496 e. The molecule has 0 aromatic heterocycles. The van der Waals surface area contributed by atoms with Crippen molar-refractivity contribution in [3.8, 4) is 5.75 Å². The first-order chi connectivity index (χ1) is 7.97. The number of rotatable bonds is 5. The van der Waals surface area contributed by atoms with E-state index in [1.54, 1.807) is 25.1 Å². The molecule has 0 bridgehead atoms. The van der Waals surface area contributed by atoms with Crippen LogP contribution in [0.15, 0.2) is 18.2 Å². The van der Waals surface area contributed by atoms with Gasteiger partial charge in [0, 0.05) is 5.92 Å². The van der Waals surface area contributed by atoms with Gasteiger partial charge in [-0.15, -0.1) is 0 Å². The van der Waals surface area contributed by atoms with Crippen LogP contribution in [0.3, 0.4) is 0 Å². The van der Waals surface area contributed by atoms with Crippen molar-refractivity contribution in [2.24, 2.45) is 5.92 Å². The van der Waals surface area contributed by atoms with Crippen molar-refractivity contribution in [2.75, 3.05) is 7.11 Å². The molecule has 0 heterocycles. The van der Waals surface area contributed by atoms with E-state index in [1.165, 1.54) is 7.11 Å². The minimum absolute atomic E-state index is 0.229. The molecule has 0 radical (unpaired) electrons. The normalized spacial score (nSPS) is 11.9. The highest BCUT2D eigenvalue weighted by atomic mass is 35.5. The van der Waals surface area contributed by atoms with Gasteiger partial charge < -0.3 is 9.84 Å². The molecule has 1 unspecified atom stereocenters. The SMILES string of the molecule is COc1cccc(Cl)c1C(=O)C(C)CC(=O)O. The molecule has 1 aromatic rings. The lowest BCUT2D eigenvalue weighted by Crippen LogP contribution is -2.16. The molecule has 0 spiro atoms. The number of benzene rings is 1. The second kappa shape index (κ2) is 5.68. The molecule has 0 aliphatic carbocycles. The van der Waals surface area contributed by atoms with Crippen molar-refractivity contribution in [3.05, 3.63) is 28.8 Å². The summed E-state index contributed by atoms with van der Waals surface area (Å²) in [7, 11) is 1.43. The van der Waals surface area contributed by atoms with Gasteiger partial charge in [0.25, 0.3) is 0 Å². The number of carboxylic acid groups (broad SMARTS) is 1. The van der Waals surface area contributed by atoms with Crippen LogP contribution in [-0.4, -0.2) is 24.0 Å². The highest BCUT2D eigenvalue weighted by Crippen LogP contribution is 2.29. The Morgan fingerprint density at radius 2 is 2.12 bits per heavy atom. The van der Waals surface area contributed by atoms with Gasteiger partial charge in [-0.05, 0) is 12.1 Å². The van der Waals surface area contributed by atoms with Crippen LogP contribution in [-0.2, 0) is 4.79 Å². The molecule has 0 aliphatic rings. The molecule has 1 atom stereocenters. The third kappa shape index (κ3) is 3.20. The minimum Gasteiger partial charge on any atom is -0.496 e. The number of halogens is 1. The lowest BCUT2D eigenvalue weighted by Gasteiger charge is -2.12. The Morgan fingerprint density at radius 1 is 1.47 bits per heavy atom. The molecule has 1 N–H and O–H groups in total. The van der Waals surface area contributed by atoms with E-state index in [2.05, 4.69) is 0 Å². The van der Waals surface area contributed by atoms with Crippen molar-refractivity contribution >= 4 is 23.4 Å². The fourth-order valence-electron chi connectivity index (χ4n) is 1.51. The van der Waals surface area contributed by atoms with Crippen molar-refractivity contribution in [3.63, 3.8) is 0 Å². The first-order valence-corrected chi connectivity index (χ1v) is 5.43. The standard InChI is InChI=1S/C12H13ClO4/c1-7(6-10(14)15)12(16)11-8(13)4-3-5-9(11)17-2/h3-5,7H,6H2,1-2H3,(H,14,15). The topological polar surface area (TPSA) is 63.6 Å². The third-order valence-electron chi connectivity index (χ3n) is 2.37. The third-order valence-corrected chi connectivity index (χ3v) is 2.69. The average molecular weight is 257 g/mol. The Labute approximate surface area is 104 Å². The summed E-state index contributed by atoms with van der Waals surface area (Å²) in [5.41, 5.74) is 0.241. The zero-order valence-electron chi connectivity index (χ0n) is 9.57. The van der Waals surface area contributed by atoms with Crippen LogP contribution in [0, 0.1) is 5.92 Å². The molecule has 0 aliphatic heterocycles. The van der Waals surface area contributed by atoms with Crippen LogP contribution in [0.5, 0.6) is 5.75 Å². The Kier molecular flexibility index (Phi) is 4.52. The van der Waals surface area contributed by atoms with Gasteiger partial charge in [0.1, 0.15) is 5.75 Å². The fraction of sp³-hybridized carbons (Fsp3) is 0.333. The van der Waals surface area contributed by atoms with Gasteiger partial charge in [-0.2, -0.15) is 0 Å². The van der Waals surface area contributed by atoms with Crippen LogP contribution >= 0.6 is 11.6 Å². The predicted molar refractivity (Wildman–Crippen MR) is 63.8 cm³/mol. The van der Waals surface area contributed by atoms with Gasteiger partial charge >= 0.3 is 5.97 Å². The minimum atomic E-state index is -1.02. The molecule has 1 aromatic carbocycles. The average Bonchev–Trinajstić information content (AvgIpc) is 2.26. The molecule has 92 valence electrons. The molecule has 0 fully saturated rings. The lowest BCUT2D eigenvalue weighted by atomic mass is 9.96. The molecule has 4 nitrogen and oxygen atoms in total. The maximum Gasteiger partial charge on any atom is 0.304 e. The number of carbonyl (C=O) groups is 2. The number of hydrogen-bond acceptors (Lipinski definition) is 3. The van der Waals surface area contributed by atoms with E-state index in [1.807, 2.05) is 0 Å². The zero-order chi connectivity index (χ0) is 13.0. The number of aliphatic carboxylic acids is 1. The molecule has 5 heteroatoms. The lowest BCUT2D eigenvalue weighted by molar-refractivity contribution is -0.137. The van der Waals surface area contributed by atoms with Gasteiger partial charge in [-0.1, -0.05) is 24.6 Å². The summed E-state index contributed by atoms with van der Waals surface area (Å²) in [4.78, 5) is 22.6. The maximum absolute atomic E-state index is 12.1. The van der Waals surface area contributed by atoms with Gasteiger partial charge in [-0.3, -0.25) is 9.59 Å². The number of Topliss-reactive ketones (excluding diaryl/α,β-unsaturated/α-hetero) is 1. The van der Waals surface area contributed by atoms with E-state index in [9.17, 15) is 9.59 Å². The Bertz CT molecular complexity index is 442. The Morgan fingerprint density at radius 3 is 2.65 bits per heavy atom. The fourth-order valence-corrected chi connectivity index (χ4v) is 1.77. The van der Waals surface area contributed by atoms with Crippen molar-refractivity contribution < 1.29 is 19.4 Å². The molecule has 0 amide bonds. The summed E-state index contributed by atoms with van der Waals surface area (Å²) in [5.74, 6) is -1.62. The smallest absolute Gasteiger partial charge is 0.304 e. The monoisotopic (exact) mass is 256 g/mol. The summed E-state index contributed by atoms with van der Waals surface area (Å²) in [6.45, 7) is 1.55. The number of carboxylic acids is 1. The van der Waals surface area contributed by atoms with Crippen molar-refractivity contribution in [1.82, 2.24) is 0 Å². The zero-order valence-corrected chi connectivity index (χ0v) is 10.3. The number of ketones is 1. The van der Waals surface area contributed by atoms with E-state index in [0.717, 1.165) is 0 Å². The van der Waals surface area contributed by atoms with Gasteiger partial charge in [0.05, 0.1) is 24.1 Å². The van der Waals surface area contributed by atoms with E-state index >= 15 is 0 Å². The Hall–Kier alpha value is -1.55. The quantitative estimate of drug-likeness (QED) is 0.823. The van der Waals surface area contributed by atoms with Crippen molar-refractivity contribution in [1.29, 1.82) is 0 Å².